The van der Waals surface area contributed by atoms with Gasteiger partial charge in [0.1, 0.15) is 11.9 Å². The topological polar surface area (TPSA) is 78.0 Å². The highest BCUT2D eigenvalue weighted by molar-refractivity contribution is 6.36. The zero-order valence-electron chi connectivity index (χ0n) is 19.1. The predicted molar refractivity (Wildman–Crippen MR) is 116 cm³/mol. The molecular weight excluding hydrogens is 428 g/mol. The first-order valence-corrected chi connectivity index (χ1v) is 10.1. The van der Waals surface area contributed by atoms with Gasteiger partial charge >= 0.3 is 0 Å². The van der Waals surface area contributed by atoms with Gasteiger partial charge in [-0.1, -0.05) is 23.2 Å². The normalized spacial score (nSPS) is 23.3. The summed E-state index contributed by atoms with van der Waals surface area (Å²) in [5, 5.41) is 7.21. The standard InChI is InChI=1S/C21H22Cl2FN5O/c1-12(19-16(22)2-3-17(24)20(19)23)30-18-8-13(9-27-21(18)25)14-10-28-29(11-14)15-4-6-26-7-5-15/h2-3,8-12,15,26H,4-7H2,1H3,(H2,25,27)/t12-/m1/s1/i6D2,15D/t12-,15?. The van der Waals surface area contributed by atoms with Gasteiger partial charge in [-0.05, 0) is 51.0 Å². The molecule has 1 aliphatic rings. The lowest BCUT2D eigenvalue weighted by Gasteiger charge is -2.22. The van der Waals surface area contributed by atoms with Crippen LogP contribution in [-0.2, 0) is 0 Å². The Balaban J connectivity index is 1.61. The number of piperidine rings is 1. The van der Waals surface area contributed by atoms with E-state index in [0.717, 1.165) is 0 Å². The Labute approximate surface area is 188 Å². The van der Waals surface area contributed by atoms with Crippen LogP contribution in [0.5, 0.6) is 5.75 Å². The van der Waals surface area contributed by atoms with E-state index in [1.807, 2.05) is 0 Å². The summed E-state index contributed by atoms with van der Waals surface area (Å²) in [7, 11) is 0. The number of pyridine rings is 1. The number of aromatic nitrogens is 3. The largest absolute Gasteiger partial charge is 0.482 e. The number of benzene rings is 1. The molecule has 3 aromatic rings. The van der Waals surface area contributed by atoms with E-state index in [1.165, 1.54) is 16.8 Å². The second kappa shape index (κ2) is 8.79. The molecule has 0 radical (unpaired) electrons. The van der Waals surface area contributed by atoms with Crippen molar-refractivity contribution in [1.82, 2.24) is 20.1 Å². The van der Waals surface area contributed by atoms with Crippen molar-refractivity contribution in [3.63, 3.8) is 0 Å². The Morgan fingerprint density at radius 2 is 2.20 bits per heavy atom. The smallest absolute Gasteiger partial charge is 0.166 e. The van der Waals surface area contributed by atoms with E-state index >= 15 is 0 Å². The van der Waals surface area contributed by atoms with Crippen molar-refractivity contribution in [2.75, 3.05) is 18.8 Å². The van der Waals surface area contributed by atoms with Crippen LogP contribution in [0.3, 0.4) is 0 Å². The number of rotatable bonds is 5. The minimum Gasteiger partial charge on any atom is -0.482 e. The van der Waals surface area contributed by atoms with E-state index in [9.17, 15) is 4.39 Å². The van der Waals surface area contributed by atoms with Crippen LogP contribution in [0.1, 0.15) is 41.6 Å². The molecule has 158 valence electrons. The summed E-state index contributed by atoms with van der Waals surface area (Å²) in [6.07, 6.45) is 4.46. The molecule has 9 heteroatoms. The first-order chi connectivity index (χ1) is 15.5. The van der Waals surface area contributed by atoms with Crippen molar-refractivity contribution >= 4 is 29.0 Å². The molecular formula is C21H22Cl2FN5O. The fourth-order valence-corrected chi connectivity index (χ4v) is 3.94. The van der Waals surface area contributed by atoms with Gasteiger partial charge in [0, 0.05) is 36.8 Å². The molecule has 4 rings (SSSR count). The Morgan fingerprint density at radius 3 is 3.00 bits per heavy atom. The Hall–Kier alpha value is -2.35. The highest BCUT2D eigenvalue weighted by atomic mass is 35.5. The van der Waals surface area contributed by atoms with Gasteiger partial charge < -0.3 is 15.8 Å². The number of nitrogens with two attached hydrogens (primary N) is 1. The van der Waals surface area contributed by atoms with Crippen LogP contribution in [0.4, 0.5) is 10.2 Å². The number of anilines is 1. The van der Waals surface area contributed by atoms with Gasteiger partial charge in [-0.25, -0.2) is 9.37 Å². The number of hydrogen-bond acceptors (Lipinski definition) is 5. The predicted octanol–water partition coefficient (Wildman–Crippen LogP) is 5.04. The number of nitrogens with zero attached hydrogens (tertiary/aromatic N) is 3. The first-order valence-electron chi connectivity index (χ1n) is 10.9. The number of nitrogen functional groups attached to an aromatic ring is 1. The second-order valence-electron chi connectivity index (χ2n) is 6.89. The van der Waals surface area contributed by atoms with Gasteiger partial charge in [-0.15, -0.1) is 0 Å². The molecule has 0 spiro atoms. The number of ether oxygens (including phenoxy) is 1. The van der Waals surface area contributed by atoms with Gasteiger partial charge in [-0.3, -0.25) is 4.68 Å². The van der Waals surface area contributed by atoms with Crippen molar-refractivity contribution in [3.05, 3.63) is 58.2 Å². The molecule has 0 amide bonds. The highest BCUT2D eigenvalue weighted by Gasteiger charge is 2.21. The van der Waals surface area contributed by atoms with Crippen molar-refractivity contribution < 1.29 is 13.2 Å². The van der Waals surface area contributed by atoms with E-state index in [0.29, 0.717) is 29.7 Å². The van der Waals surface area contributed by atoms with Gasteiger partial charge in [0.2, 0.25) is 0 Å². The average Bonchev–Trinajstić information content (AvgIpc) is 3.23. The molecule has 3 heterocycles. The van der Waals surface area contributed by atoms with Gasteiger partial charge in [0.15, 0.2) is 11.6 Å². The lowest BCUT2D eigenvalue weighted by Crippen LogP contribution is -2.29. The molecule has 6 nitrogen and oxygen atoms in total. The average molecular weight is 453 g/mol. The van der Waals surface area contributed by atoms with Crippen molar-refractivity contribution in [1.29, 1.82) is 0 Å². The second-order valence-corrected chi connectivity index (χ2v) is 7.68. The van der Waals surface area contributed by atoms with Crippen molar-refractivity contribution in [3.8, 4) is 16.9 Å². The lowest BCUT2D eigenvalue weighted by atomic mass is 10.1. The minimum atomic E-state index is -1.65. The van der Waals surface area contributed by atoms with Crippen LogP contribution in [0.15, 0.2) is 36.8 Å². The molecule has 1 saturated heterocycles. The monoisotopic (exact) mass is 452 g/mol. The number of nitrogens with one attached hydrogen (secondary N) is 1. The third-order valence-electron chi connectivity index (χ3n) is 4.87. The molecule has 1 fully saturated rings. The molecule has 2 aromatic heterocycles. The highest BCUT2D eigenvalue weighted by Crippen LogP contribution is 2.37. The summed E-state index contributed by atoms with van der Waals surface area (Å²) >= 11 is 12.3. The summed E-state index contributed by atoms with van der Waals surface area (Å²) in [6.45, 7) is 0.396. The van der Waals surface area contributed by atoms with E-state index in [-0.39, 0.29) is 28.0 Å². The molecule has 3 N–H and O–H groups in total. The Bertz CT molecular complexity index is 1190. The summed E-state index contributed by atoms with van der Waals surface area (Å²) in [5.74, 6) is -0.224. The van der Waals surface area contributed by atoms with E-state index in [4.69, 9.17) is 37.8 Å². The maximum Gasteiger partial charge on any atom is 0.166 e. The fourth-order valence-electron chi connectivity index (χ4n) is 3.26. The summed E-state index contributed by atoms with van der Waals surface area (Å²) in [5.41, 5.74) is 7.59. The molecule has 1 aromatic carbocycles. The minimum absolute atomic E-state index is 0.0395. The van der Waals surface area contributed by atoms with Crippen LogP contribution in [0, 0.1) is 5.82 Å². The number of halogens is 3. The van der Waals surface area contributed by atoms with Crippen LogP contribution in [-0.4, -0.2) is 27.8 Å². The Kier molecular flexibility index (Phi) is 5.08. The van der Waals surface area contributed by atoms with Crippen molar-refractivity contribution in [2.24, 2.45) is 0 Å². The van der Waals surface area contributed by atoms with E-state index in [1.54, 1.807) is 31.6 Å². The van der Waals surface area contributed by atoms with Gasteiger partial charge in [-0.2, -0.15) is 5.10 Å². The summed E-state index contributed by atoms with van der Waals surface area (Å²) < 4.78 is 45.9. The zero-order chi connectivity index (χ0) is 24.0. The fraction of sp³-hybridized carbons (Fsp3) is 0.333. The summed E-state index contributed by atoms with van der Waals surface area (Å²) in [4.78, 5) is 4.19. The SMILES string of the molecule is [2H]C1([2H])CC([2H])(n2cc(-c3cnc(N)c(O[C@H](C)c4c(Cl)ccc(F)c4Cl)c3)cn2)CCN1. The molecule has 30 heavy (non-hydrogen) atoms. The van der Waals surface area contributed by atoms with E-state index < -0.39 is 24.4 Å². The third-order valence-corrected chi connectivity index (χ3v) is 5.58. The van der Waals surface area contributed by atoms with Crippen LogP contribution in [0.25, 0.3) is 11.1 Å². The molecule has 0 bridgehead atoms. The summed E-state index contributed by atoms with van der Waals surface area (Å²) in [6, 6.07) is 3.04. The third kappa shape index (κ3) is 4.24. The molecule has 1 aliphatic heterocycles. The molecule has 1 unspecified atom stereocenters. The van der Waals surface area contributed by atoms with Crippen LogP contribution in [0.2, 0.25) is 10.0 Å². The maximum absolute atomic E-state index is 13.9. The first kappa shape index (κ1) is 17.3. The molecule has 2 atom stereocenters. The lowest BCUT2D eigenvalue weighted by molar-refractivity contribution is 0.227. The zero-order valence-corrected chi connectivity index (χ0v) is 17.6. The van der Waals surface area contributed by atoms with Gasteiger partial charge in [0.25, 0.3) is 0 Å². The maximum atomic E-state index is 13.9. The molecule has 0 saturated carbocycles. The van der Waals surface area contributed by atoms with Crippen molar-refractivity contribution in [2.45, 2.75) is 31.9 Å². The van der Waals surface area contributed by atoms with Crippen LogP contribution < -0.4 is 15.8 Å². The van der Waals surface area contributed by atoms with E-state index in [2.05, 4.69) is 15.4 Å². The molecule has 0 aliphatic carbocycles. The Morgan fingerprint density at radius 1 is 1.37 bits per heavy atom. The quantitative estimate of drug-likeness (QED) is 0.530. The van der Waals surface area contributed by atoms with Crippen LogP contribution >= 0.6 is 23.2 Å². The van der Waals surface area contributed by atoms with Gasteiger partial charge in [0.05, 0.1) is 18.6 Å². The number of hydrogen-bond donors (Lipinski definition) is 2.